The van der Waals surface area contributed by atoms with Gasteiger partial charge in [0, 0.05) is 12.1 Å². The summed E-state index contributed by atoms with van der Waals surface area (Å²) in [4.78, 5) is 4.28. The van der Waals surface area contributed by atoms with Gasteiger partial charge in [0.05, 0.1) is 22.4 Å². The maximum atomic E-state index is 14.5. The molecule has 0 amide bonds. The molecule has 0 saturated heterocycles. The Morgan fingerprint density at radius 2 is 1.74 bits per heavy atom. The van der Waals surface area contributed by atoms with Gasteiger partial charge in [-0.1, -0.05) is 29.3 Å². The zero-order valence-electron chi connectivity index (χ0n) is 19.1. The zero-order valence-corrected chi connectivity index (χ0v) is 20.6. The molecule has 34 heavy (non-hydrogen) atoms. The number of anilines is 1. The van der Waals surface area contributed by atoms with Crippen molar-refractivity contribution in [1.29, 1.82) is 0 Å². The average Bonchev–Trinajstić information content (AvgIpc) is 3.11. The summed E-state index contributed by atoms with van der Waals surface area (Å²) in [5.41, 5.74) is -0.0818. The topological polar surface area (TPSA) is 83.7 Å². The predicted octanol–water partition coefficient (Wildman–Crippen LogP) is 5.39. The van der Waals surface area contributed by atoms with Gasteiger partial charge in [0.1, 0.15) is 23.0 Å². The molecule has 3 aromatic rings. The summed E-state index contributed by atoms with van der Waals surface area (Å²) in [7, 11) is 0. The lowest BCUT2D eigenvalue weighted by Gasteiger charge is -2.33. The Balaban J connectivity index is 1.56. The molecule has 1 unspecified atom stereocenters. The molecule has 7 nitrogen and oxygen atoms in total. The number of hydrogen-bond donors (Lipinski definition) is 3. The van der Waals surface area contributed by atoms with Gasteiger partial charge in [-0.2, -0.15) is 9.61 Å². The largest absolute Gasteiger partial charge is 0.378 e. The van der Waals surface area contributed by atoms with E-state index in [0.29, 0.717) is 11.3 Å². The quantitative estimate of drug-likeness (QED) is 0.383. The van der Waals surface area contributed by atoms with Crippen molar-refractivity contribution in [2.75, 3.05) is 5.32 Å². The molecule has 1 saturated carbocycles. The lowest BCUT2D eigenvalue weighted by molar-refractivity contribution is -0.186. The van der Waals surface area contributed by atoms with Crippen LogP contribution in [0.5, 0.6) is 0 Å². The maximum Gasteiger partial charge on any atom is 0.214 e. The average molecular weight is 514 g/mol. The van der Waals surface area contributed by atoms with Crippen molar-refractivity contribution in [3.63, 3.8) is 0 Å². The molecule has 1 fully saturated rings. The van der Waals surface area contributed by atoms with E-state index in [9.17, 15) is 13.9 Å². The number of halogens is 4. The number of ether oxygens (including phenoxy) is 1. The van der Waals surface area contributed by atoms with Crippen molar-refractivity contribution in [2.45, 2.75) is 70.6 Å². The first-order chi connectivity index (χ1) is 16.0. The highest BCUT2D eigenvalue weighted by Gasteiger charge is 2.28. The Hall–Kier alpha value is -2.04. The van der Waals surface area contributed by atoms with Crippen LogP contribution in [0.25, 0.3) is 16.9 Å². The Kier molecular flexibility index (Phi) is 7.30. The third-order valence-electron chi connectivity index (χ3n) is 5.67. The number of aliphatic hydroxyl groups is 1. The van der Waals surface area contributed by atoms with Crippen LogP contribution in [-0.2, 0) is 4.74 Å². The molecular weight excluding hydrogens is 487 g/mol. The molecule has 1 aromatic carbocycles. The number of rotatable bonds is 6. The van der Waals surface area contributed by atoms with E-state index >= 15 is 0 Å². The molecule has 1 aliphatic carbocycles. The number of nitrogens with zero attached hydrogens (tertiary/aromatic N) is 3. The normalized spacial score (nSPS) is 20.0. The predicted molar refractivity (Wildman–Crippen MR) is 128 cm³/mol. The molecule has 0 bridgehead atoms. The number of imidazole rings is 1. The van der Waals surface area contributed by atoms with Crippen LogP contribution in [0.3, 0.4) is 0 Å². The summed E-state index contributed by atoms with van der Waals surface area (Å²) in [6.45, 7) is 5.63. The van der Waals surface area contributed by atoms with Gasteiger partial charge < -0.3 is 15.2 Å². The first-order valence-electron chi connectivity index (χ1n) is 11.1. The number of hydrogen-bond acceptors (Lipinski definition) is 6. The van der Waals surface area contributed by atoms with Crippen molar-refractivity contribution in [3.05, 3.63) is 46.2 Å². The molecule has 0 spiro atoms. The Labute approximate surface area is 206 Å². The third kappa shape index (κ3) is 5.44. The highest BCUT2D eigenvalue weighted by molar-refractivity contribution is 6.36. The van der Waals surface area contributed by atoms with E-state index in [1.165, 1.54) is 16.8 Å². The molecule has 2 heterocycles. The highest BCUT2D eigenvalue weighted by atomic mass is 35.5. The van der Waals surface area contributed by atoms with E-state index in [0.717, 1.165) is 37.8 Å². The Bertz CT molecular complexity index is 1160. The Morgan fingerprint density at radius 1 is 1.12 bits per heavy atom. The van der Waals surface area contributed by atoms with E-state index in [1.807, 2.05) is 20.8 Å². The van der Waals surface area contributed by atoms with Crippen LogP contribution in [-0.4, -0.2) is 43.8 Å². The smallest absolute Gasteiger partial charge is 0.214 e. The maximum absolute atomic E-state index is 14.5. The Morgan fingerprint density at radius 3 is 2.35 bits per heavy atom. The number of benzene rings is 1. The minimum absolute atomic E-state index is 0.0243. The molecule has 0 aliphatic heterocycles. The second kappa shape index (κ2) is 9.91. The van der Waals surface area contributed by atoms with Gasteiger partial charge >= 0.3 is 0 Å². The van der Waals surface area contributed by atoms with Crippen LogP contribution in [0.4, 0.5) is 14.5 Å². The van der Waals surface area contributed by atoms with Crippen LogP contribution in [0.1, 0.15) is 46.5 Å². The fourth-order valence-electron chi connectivity index (χ4n) is 4.14. The van der Waals surface area contributed by atoms with Gasteiger partial charge in [0.25, 0.3) is 0 Å². The minimum Gasteiger partial charge on any atom is -0.378 e. The third-order valence-corrected chi connectivity index (χ3v) is 6.29. The minimum atomic E-state index is -1.05. The molecule has 0 radical (unpaired) electrons. The molecule has 1 aliphatic rings. The molecule has 184 valence electrons. The number of aliphatic hydroxyl groups excluding tert-OH is 1. The van der Waals surface area contributed by atoms with Gasteiger partial charge in [-0.25, -0.2) is 13.8 Å². The first kappa shape index (κ1) is 25.1. The van der Waals surface area contributed by atoms with Crippen LogP contribution in [0.15, 0.2) is 24.4 Å². The van der Waals surface area contributed by atoms with Crippen molar-refractivity contribution in [2.24, 2.45) is 0 Å². The second-order valence-corrected chi connectivity index (χ2v) is 10.2. The summed E-state index contributed by atoms with van der Waals surface area (Å²) < 4.78 is 35.9. The van der Waals surface area contributed by atoms with E-state index < -0.39 is 23.6 Å². The molecule has 11 heteroatoms. The fourth-order valence-corrected chi connectivity index (χ4v) is 4.58. The lowest BCUT2D eigenvalue weighted by atomic mass is 9.91. The van der Waals surface area contributed by atoms with Crippen molar-refractivity contribution in [1.82, 2.24) is 19.9 Å². The van der Waals surface area contributed by atoms with Crippen LogP contribution < -0.4 is 10.6 Å². The molecule has 3 N–H and O–H groups in total. The van der Waals surface area contributed by atoms with E-state index in [4.69, 9.17) is 27.9 Å². The van der Waals surface area contributed by atoms with Crippen LogP contribution in [0, 0.1) is 11.6 Å². The van der Waals surface area contributed by atoms with Crippen LogP contribution >= 0.6 is 23.2 Å². The van der Waals surface area contributed by atoms with Crippen molar-refractivity contribution < 1.29 is 18.6 Å². The molecule has 1 atom stereocenters. The van der Waals surface area contributed by atoms with Gasteiger partial charge in [-0.15, -0.1) is 0 Å². The summed E-state index contributed by atoms with van der Waals surface area (Å²) in [6.07, 6.45) is 3.46. The molecule has 4 rings (SSSR count). The van der Waals surface area contributed by atoms with Crippen LogP contribution in [0.2, 0.25) is 10.2 Å². The van der Waals surface area contributed by atoms with E-state index in [-0.39, 0.29) is 33.5 Å². The van der Waals surface area contributed by atoms with Gasteiger partial charge in [0.15, 0.2) is 10.8 Å². The molecular formula is C23H27Cl2F2N5O2. The summed E-state index contributed by atoms with van der Waals surface area (Å²) >= 11 is 12.9. The number of aromatic nitrogens is 3. The monoisotopic (exact) mass is 513 g/mol. The summed E-state index contributed by atoms with van der Waals surface area (Å²) in [6, 6.07) is 3.69. The van der Waals surface area contributed by atoms with Gasteiger partial charge in [0.2, 0.25) is 6.41 Å². The SMILES string of the molecule is CC(C)(C)OC(O)NC1CCC(Nc2c(Cl)c(-c3c(F)cccc3F)nn3c(Cl)cnc23)CC1. The van der Waals surface area contributed by atoms with Crippen molar-refractivity contribution in [3.8, 4) is 11.3 Å². The van der Waals surface area contributed by atoms with E-state index in [1.54, 1.807) is 0 Å². The standard InChI is InChI=1S/C23H27Cl2F2N5O2/c1-23(2,3)34-22(33)30-13-9-7-12(8-10-13)29-20-18(25)19(17-14(26)5-4-6-15(17)27)31-32-16(24)11-28-21(20)32/h4-6,11-13,22,29-30,33H,7-10H2,1-3H3. The summed E-state index contributed by atoms with van der Waals surface area (Å²) in [5, 5.41) is 21.1. The van der Waals surface area contributed by atoms with Crippen molar-refractivity contribution >= 4 is 34.5 Å². The second-order valence-electron chi connectivity index (χ2n) is 9.39. The van der Waals surface area contributed by atoms with Gasteiger partial charge in [-0.05, 0) is 58.6 Å². The lowest BCUT2D eigenvalue weighted by Crippen LogP contribution is -2.46. The highest BCUT2D eigenvalue weighted by Crippen LogP contribution is 2.39. The fraction of sp³-hybridized carbons (Fsp3) is 0.478. The molecule has 2 aromatic heterocycles. The zero-order chi connectivity index (χ0) is 24.6. The number of fused-ring (bicyclic) bond motifs is 1. The summed E-state index contributed by atoms with van der Waals surface area (Å²) in [5.74, 6) is -1.56. The van der Waals surface area contributed by atoms with Gasteiger partial charge in [-0.3, -0.25) is 5.32 Å². The van der Waals surface area contributed by atoms with E-state index in [2.05, 4.69) is 20.7 Å². The number of nitrogens with one attached hydrogen (secondary N) is 2. The first-order valence-corrected chi connectivity index (χ1v) is 11.8.